The third-order valence-corrected chi connectivity index (χ3v) is 5.11. The van der Waals surface area contributed by atoms with Crippen molar-refractivity contribution in [1.82, 2.24) is 0 Å². The Morgan fingerprint density at radius 2 is 1.36 bits per heavy atom. The zero-order valence-electron chi connectivity index (χ0n) is 16.8. The van der Waals surface area contributed by atoms with E-state index in [1.54, 1.807) is 14.2 Å². The summed E-state index contributed by atoms with van der Waals surface area (Å²) in [6.45, 7) is 6.29. The molecule has 3 aromatic carbocycles. The summed E-state index contributed by atoms with van der Waals surface area (Å²) >= 11 is 0. The second-order valence-electron chi connectivity index (χ2n) is 6.93. The van der Waals surface area contributed by atoms with E-state index in [0.717, 1.165) is 61.9 Å². The highest BCUT2D eigenvalue weighted by atomic mass is 16.7. The van der Waals surface area contributed by atoms with Crippen LogP contribution in [0.2, 0.25) is 0 Å². The first-order chi connectivity index (χ1) is 13.5. The molecule has 1 aliphatic rings. The zero-order valence-corrected chi connectivity index (χ0v) is 16.8. The first kappa shape index (κ1) is 18.2. The van der Waals surface area contributed by atoms with Crippen molar-refractivity contribution in [2.75, 3.05) is 21.0 Å². The summed E-state index contributed by atoms with van der Waals surface area (Å²) in [5.41, 5.74) is 7.13. The minimum Gasteiger partial charge on any atom is -0.496 e. The Hall–Kier alpha value is -3.14. The number of fused-ring (bicyclic) bond motifs is 1. The molecular weight excluding hydrogens is 352 g/mol. The standard InChI is InChI=1S/C24H23O4/c1-14-10-17(6-8-20(14)25-4)19-12-16(3)23-24(28-13-27-23)22(19)18-7-9-21(26-5)15(2)11-18/h6-11H,13H2,1-5H3. The molecule has 4 nitrogen and oxygen atoms in total. The van der Waals surface area contributed by atoms with Crippen molar-refractivity contribution in [2.24, 2.45) is 0 Å². The average molecular weight is 375 g/mol. The first-order valence-corrected chi connectivity index (χ1v) is 9.19. The molecule has 0 N–H and O–H groups in total. The van der Waals surface area contributed by atoms with E-state index in [1.807, 2.05) is 39.0 Å². The van der Waals surface area contributed by atoms with E-state index in [-0.39, 0.29) is 6.79 Å². The number of methoxy groups -OCH3 is 2. The highest BCUT2D eigenvalue weighted by Crippen LogP contribution is 2.49. The van der Waals surface area contributed by atoms with Crippen LogP contribution in [0.4, 0.5) is 0 Å². The summed E-state index contributed by atoms with van der Waals surface area (Å²) in [6, 6.07) is 15.8. The van der Waals surface area contributed by atoms with Gasteiger partial charge in [0, 0.05) is 16.7 Å². The van der Waals surface area contributed by atoms with Gasteiger partial charge in [-0.3, -0.25) is 0 Å². The van der Waals surface area contributed by atoms with Crippen molar-refractivity contribution < 1.29 is 18.9 Å². The van der Waals surface area contributed by atoms with Crippen LogP contribution < -0.4 is 18.9 Å². The van der Waals surface area contributed by atoms with Gasteiger partial charge in [0.2, 0.25) is 6.79 Å². The maximum Gasteiger partial charge on any atom is 0.231 e. The average Bonchev–Trinajstić information content (AvgIpc) is 3.18. The Bertz CT molecular complexity index is 1050. The zero-order chi connectivity index (χ0) is 19.8. The lowest BCUT2D eigenvalue weighted by atomic mass is 9.90. The summed E-state index contributed by atoms with van der Waals surface area (Å²) < 4.78 is 22.5. The van der Waals surface area contributed by atoms with Gasteiger partial charge in [0.05, 0.1) is 14.2 Å². The summed E-state index contributed by atoms with van der Waals surface area (Å²) in [7, 11) is 3.37. The predicted octanol–water partition coefficient (Wildman–Crippen LogP) is 5.49. The molecule has 0 aliphatic carbocycles. The van der Waals surface area contributed by atoms with E-state index in [0.29, 0.717) is 0 Å². The van der Waals surface area contributed by atoms with Crippen LogP contribution in [-0.4, -0.2) is 21.0 Å². The highest BCUT2D eigenvalue weighted by molar-refractivity contribution is 5.91. The summed E-state index contributed by atoms with van der Waals surface area (Å²) in [5.74, 6) is 3.25. The molecule has 0 spiro atoms. The SMILES string of the molecule is COc1ccc(-c2[c]c(C)c3c(c2-c2ccc(OC)c(C)c2)OCO3)cc1C. The molecule has 0 atom stereocenters. The molecule has 1 heterocycles. The normalized spacial score (nSPS) is 12.2. The number of ether oxygens (including phenoxy) is 4. The second-order valence-corrected chi connectivity index (χ2v) is 6.93. The maximum absolute atomic E-state index is 5.90. The van der Waals surface area contributed by atoms with Crippen LogP contribution in [0, 0.1) is 26.8 Å². The molecule has 0 aromatic heterocycles. The molecule has 143 valence electrons. The Labute approximate surface area is 165 Å². The van der Waals surface area contributed by atoms with Crippen LogP contribution >= 0.6 is 0 Å². The highest BCUT2D eigenvalue weighted by Gasteiger charge is 2.26. The predicted molar refractivity (Wildman–Crippen MR) is 110 cm³/mol. The Morgan fingerprint density at radius 1 is 0.786 bits per heavy atom. The number of rotatable bonds is 4. The van der Waals surface area contributed by atoms with Crippen LogP contribution in [0.3, 0.4) is 0 Å². The lowest BCUT2D eigenvalue weighted by molar-refractivity contribution is 0.174. The van der Waals surface area contributed by atoms with Crippen LogP contribution in [0.15, 0.2) is 36.4 Å². The van der Waals surface area contributed by atoms with Crippen LogP contribution in [0.1, 0.15) is 16.7 Å². The second kappa shape index (κ2) is 7.12. The summed E-state index contributed by atoms with van der Waals surface area (Å²) in [5, 5.41) is 0. The van der Waals surface area contributed by atoms with Gasteiger partial charge in [-0.25, -0.2) is 0 Å². The fourth-order valence-electron chi connectivity index (χ4n) is 3.72. The van der Waals surface area contributed by atoms with Gasteiger partial charge in [0.25, 0.3) is 0 Å². The van der Waals surface area contributed by atoms with Gasteiger partial charge < -0.3 is 18.9 Å². The molecule has 1 radical (unpaired) electrons. The molecule has 4 heteroatoms. The molecule has 28 heavy (non-hydrogen) atoms. The van der Waals surface area contributed by atoms with Crippen molar-refractivity contribution in [3.63, 3.8) is 0 Å². The van der Waals surface area contributed by atoms with Gasteiger partial charge in [-0.05, 0) is 73.4 Å². The van der Waals surface area contributed by atoms with Crippen molar-refractivity contribution in [1.29, 1.82) is 0 Å². The Balaban J connectivity index is 1.98. The van der Waals surface area contributed by atoms with Gasteiger partial charge in [0.1, 0.15) is 11.5 Å². The minimum absolute atomic E-state index is 0.219. The number of aryl methyl sites for hydroxylation is 3. The third kappa shape index (κ3) is 2.95. The molecule has 0 fully saturated rings. The lowest BCUT2D eigenvalue weighted by Crippen LogP contribution is -1.95. The summed E-state index contributed by atoms with van der Waals surface area (Å²) in [6.07, 6.45) is 0. The Morgan fingerprint density at radius 3 is 1.96 bits per heavy atom. The summed E-state index contributed by atoms with van der Waals surface area (Å²) in [4.78, 5) is 0. The molecule has 0 bridgehead atoms. The minimum atomic E-state index is 0.219. The number of hydrogen-bond acceptors (Lipinski definition) is 4. The fraction of sp³-hybridized carbons (Fsp3) is 0.250. The molecule has 3 aromatic rings. The van der Waals surface area contributed by atoms with Crippen molar-refractivity contribution in [3.8, 4) is 45.3 Å². The van der Waals surface area contributed by atoms with Crippen LogP contribution in [0.25, 0.3) is 22.3 Å². The number of benzene rings is 3. The lowest BCUT2D eigenvalue weighted by Gasteiger charge is -2.17. The van der Waals surface area contributed by atoms with E-state index >= 15 is 0 Å². The smallest absolute Gasteiger partial charge is 0.231 e. The van der Waals surface area contributed by atoms with Crippen LogP contribution in [-0.2, 0) is 0 Å². The monoisotopic (exact) mass is 375 g/mol. The third-order valence-electron chi connectivity index (χ3n) is 5.11. The van der Waals surface area contributed by atoms with Crippen molar-refractivity contribution >= 4 is 0 Å². The molecular formula is C24H23O4. The Kier molecular flexibility index (Phi) is 4.63. The van der Waals surface area contributed by atoms with Gasteiger partial charge in [-0.1, -0.05) is 12.1 Å². The van der Waals surface area contributed by atoms with Crippen LogP contribution in [0.5, 0.6) is 23.0 Å². The van der Waals surface area contributed by atoms with E-state index in [4.69, 9.17) is 18.9 Å². The van der Waals surface area contributed by atoms with Gasteiger partial charge in [-0.2, -0.15) is 0 Å². The fourth-order valence-corrected chi connectivity index (χ4v) is 3.72. The van der Waals surface area contributed by atoms with E-state index in [9.17, 15) is 0 Å². The maximum atomic E-state index is 5.90. The van der Waals surface area contributed by atoms with Gasteiger partial charge >= 0.3 is 0 Å². The van der Waals surface area contributed by atoms with E-state index in [1.165, 1.54) is 0 Å². The molecule has 1 aliphatic heterocycles. The van der Waals surface area contributed by atoms with Gasteiger partial charge in [-0.15, -0.1) is 0 Å². The van der Waals surface area contributed by atoms with Crippen molar-refractivity contribution in [3.05, 3.63) is 59.2 Å². The molecule has 4 rings (SSSR count). The quantitative estimate of drug-likeness (QED) is 0.604. The van der Waals surface area contributed by atoms with Gasteiger partial charge in [0.15, 0.2) is 11.5 Å². The topological polar surface area (TPSA) is 36.9 Å². The number of hydrogen-bond donors (Lipinski definition) is 0. The first-order valence-electron chi connectivity index (χ1n) is 9.19. The largest absolute Gasteiger partial charge is 0.496 e. The molecule has 0 saturated carbocycles. The molecule has 0 unspecified atom stereocenters. The van der Waals surface area contributed by atoms with E-state index < -0.39 is 0 Å². The van der Waals surface area contributed by atoms with Crippen molar-refractivity contribution in [2.45, 2.75) is 20.8 Å². The van der Waals surface area contributed by atoms with E-state index in [2.05, 4.69) is 24.3 Å². The molecule has 0 amide bonds. The molecule has 0 saturated heterocycles.